The van der Waals surface area contributed by atoms with Gasteiger partial charge in [0.15, 0.2) is 4.34 Å². The summed E-state index contributed by atoms with van der Waals surface area (Å²) in [4.78, 5) is 2.63. The number of nitrogens with zero attached hydrogens (tertiary/aromatic N) is 3. The van der Waals surface area contributed by atoms with E-state index in [9.17, 15) is 0 Å². The van der Waals surface area contributed by atoms with E-state index < -0.39 is 0 Å². The molecule has 17 heavy (non-hydrogen) atoms. The lowest BCUT2D eigenvalue weighted by atomic mass is 10.0. The average Bonchev–Trinajstić information content (AvgIpc) is 2.76. The number of likely N-dealkylation sites (tertiary alicyclic amines) is 1. The van der Waals surface area contributed by atoms with Crippen molar-refractivity contribution in [3.8, 4) is 0 Å². The first-order chi connectivity index (χ1) is 8.29. The minimum absolute atomic E-state index is 0.567. The van der Waals surface area contributed by atoms with E-state index >= 15 is 0 Å². The van der Waals surface area contributed by atoms with E-state index in [1.807, 2.05) is 0 Å². The van der Waals surface area contributed by atoms with Gasteiger partial charge in [-0.3, -0.25) is 4.90 Å². The summed E-state index contributed by atoms with van der Waals surface area (Å²) >= 11 is 3.25. The zero-order valence-electron chi connectivity index (χ0n) is 10.3. The number of rotatable bonds is 5. The highest BCUT2D eigenvalue weighted by Gasteiger charge is 2.20. The van der Waals surface area contributed by atoms with Gasteiger partial charge in [-0.2, -0.15) is 0 Å². The van der Waals surface area contributed by atoms with Crippen LogP contribution in [0, 0.1) is 0 Å². The van der Waals surface area contributed by atoms with Crippen molar-refractivity contribution in [3.63, 3.8) is 0 Å². The summed E-state index contributed by atoms with van der Waals surface area (Å²) in [5.74, 6) is 1.09. The highest BCUT2D eigenvalue weighted by molar-refractivity contribution is 8.01. The van der Waals surface area contributed by atoms with Crippen LogP contribution in [0.5, 0.6) is 0 Å². The molecule has 2 N–H and O–H groups in total. The van der Waals surface area contributed by atoms with E-state index in [2.05, 4.69) is 22.0 Å². The monoisotopic (exact) mass is 272 g/mol. The van der Waals surface area contributed by atoms with Gasteiger partial charge >= 0.3 is 0 Å². The lowest BCUT2D eigenvalue weighted by molar-refractivity contribution is 0.153. The summed E-state index contributed by atoms with van der Waals surface area (Å²) in [5, 5.41) is 8.42. The molecule has 1 saturated heterocycles. The molecule has 2 rings (SSSR count). The number of thioether (sulfide) groups is 1. The maximum Gasteiger partial charge on any atom is 0.203 e. The van der Waals surface area contributed by atoms with E-state index in [0.29, 0.717) is 5.13 Å². The molecule has 0 bridgehead atoms. The molecular weight excluding hydrogens is 252 g/mol. The summed E-state index contributed by atoms with van der Waals surface area (Å²) in [7, 11) is 0. The molecule has 1 aliphatic heterocycles. The van der Waals surface area contributed by atoms with Gasteiger partial charge in [-0.25, -0.2) is 0 Å². The molecule has 1 aromatic heterocycles. The Bertz CT molecular complexity index is 342. The minimum atomic E-state index is 0.567. The summed E-state index contributed by atoms with van der Waals surface area (Å²) in [6, 6.07) is 0.795. The van der Waals surface area contributed by atoms with Gasteiger partial charge in [-0.15, -0.1) is 10.2 Å². The van der Waals surface area contributed by atoms with Gasteiger partial charge in [0.1, 0.15) is 0 Å². The molecule has 0 saturated carbocycles. The van der Waals surface area contributed by atoms with Crippen molar-refractivity contribution >= 4 is 28.2 Å². The van der Waals surface area contributed by atoms with E-state index in [-0.39, 0.29) is 0 Å². The van der Waals surface area contributed by atoms with E-state index in [1.54, 1.807) is 11.8 Å². The smallest absolute Gasteiger partial charge is 0.203 e. The van der Waals surface area contributed by atoms with Crippen molar-refractivity contribution in [2.75, 3.05) is 24.6 Å². The fourth-order valence-corrected chi connectivity index (χ4v) is 4.03. The number of nitrogen functional groups attached to an aromatic ring is 1. The molecule has 0 radical (unpaired) electrons. The maximum absolute atomic E-state index is 5.56. The first kappa shape index (κ1) is 13.1. The lowest BCUT2D eigenvalue weighted by Crippen LogP contribution is -2.40. The van der Waals surface area contributed by atoms with Gasteiger partial charge in [0.2, 0.25) is 5.13 Å². The van der Waals surface area contributed by atoms with Gasteiger partial charge in [0.25, 0.3) is 0 Å². The van der Waals surface area contributed by atoms with Gasteiger partial charge in [0, 0.05) is 18.3 Å². The molecule has 4 nitrogen and oxygen atoms in total. The largest absolute Gasteiger partial charge is 0.374 e. The van der Waals surface area contributed by atoms with Crippen LogP contribution in [-0.4, -0.2) is 40.0 Å². The van der Waals surface area contributed by atoms with Crippen LogP contribution in [0.2, 0.25) is 0 Å². The van der Waals surface area contributed by atoms with Crippen LogP contribution >= 0.6 is 23.1 Å². The predicted octanol–water partition coefficient (Wildman–Crippen LogP) is 2.48. The van der Waals surface area contributed by atoms with Crippen molar-refractivity contribution < 1.29 is 0 Å². The number of nitrogens with two attached hydrogens (primary N) is 1. The first-order valence-electron chi connectivity index (χ1n) is 6.25. The van der Waals surface area contributed by atoms with Gasteiger partial charge in [-0.1, -0.05) is 36.4 Å². The van der Waals surface area contributed by atoms with Crippen molar-refractivity contribution in [2.45, 2.75) is 43.0 Å². The minimum Gasteiger partial charge on any atom is -0.374 e. The molecule has 96 valence electrons. The fraction of sp³-hybridized carbons (Fsp3) is 0.818. The third kappa shape index (κ3) is 3.82. The Kier molecular flexibility index (Phi) is 5.06. The maximum atomic E-state index is 5.56. The van der Waals surface area contributed by atoms with E-state index in [1.165, 1.54) is 43.6 Å². The predicted molar refractivity (Wildman–Crippen MR) is 74.5 cm³/mol. The number of piperidine rings is 1. The van der Waals surface area contributed by atoms with E-state index in [4.69, 9.17) is 5.73 Å². The molecule has 1 aromatic rings. The van der Waals surface area contributed by atoms with Crippen LogP contribution in [0.1, 0.15) is 32.6 Å². The fourth-order valence-electron chi connectivity index (χ4n) is 2.35. The Labute approximate surface area is 111 Å². The van der Waals surface area contributed by atoms with Crippen molar-refractivity contribution in [1.29, 1.82) is 0 Å². The molecule has 1 fully saturated rings. The quantitative estimate of drug-likeness (QED) is 0.835. The summed E-state index contributed by atoms with van der Waals surface area (Å²) in [5.41, 5.74) is 5.56. The molecule has 1 aliphatic rings. The number of hydrogen-bond donors (Lipinski definition) is 1. The molecule has 0 aromatic carbocycles. The number of anilines is 1. The van der Waals surface area contributed by atoms with Crippen LogP contribution < -0.4 is 5.73 Å². The molecule has 0 amide bonds. The normalized spacial score (nSPS) is 21.8. The molecule has 0 spiro atoms. The van der Waals surface area contributed by atoms with Crippen molar-refractivity contribution in [2.24, 2.45) is 0 Å². The SMILES string of the molecule is CCC1CCCCN1CCSc1nnc(N)s1. The Hall–Kier alpha value is -0.330. The van der Waals surface area contributed by atoms with Crippen LogP contribution in [0.3, 0.4) is 0 Å². The van der Waals surface area contributed by atoms with Gasteiger partial charge < -0.3 is 5.73 Å². The summed E-state index contributed by atoms with van der Waals surface area (Å²) < 4.78 is 0.993. The molecule has 1 unspecified atom stereocenters. The third-order valence-electron chi connectivity index (χ3n) is 3.25. The van der Waals surface area contributed by atoms with Gasteiger partial charge in [-0.05, 0) is 25.8 Å². The van der Waals surface area contributed by atoms with Crippen molar-refractivity contribution in [1.82, 2.24) is 15.1 Å². The highest BCUT2D eigenvalue weighted by atomic mass is 32.2. The third-order valence-corrected chi connectivity index (χ3v) is 5.11. The Morgan fingerprint density at radius 1 is 1.47 bits per heavy atom. The number of hydrogen-bond acceptors (Lipinski definition) is 6. The molecular formula is C11H20N4S2. The van der Waals surface area contributed by atoms with Crippen LogP contribution in [0.4, 0.5) is 5.13 Å². The van der Waals surface area contributed by atoms with E-state index in [0.717, 1.165) is 22.7 Å². The van der Waals surface area contributed by atoms with Crippen LogP contribution in [0.25, 0.3) is 0 Å². The molecule has 0 aliphatic carbocycles. The summed E-state index contributed by atoms with van der Waals surface area (Å²) in [6.07, 6.45) is 5.39. The molecule has 6 heteroatoms. The molecule has 1 atom stereocenters. The Morgan fingerprint density at radius 3 is 3.06 bits per heavy atom. The van der Waals surface area contributed by atoms with Crippen LogP contribution in [-0.2, 0) is 0 Å². The first-order valence-corrected chi connectivity index (χ1v) is 8.05. The highest BCUT2D eigenvalue weighted by Crippen LogP contribution is 2.25. The summed E-state index contributed by atoms with van der Waals surface area (Å²) in [6.45, 7) is 4.71. The Morgan fingerprint density at radius 2 is 2.35 bits per heavy atom. The topological polar surface area (TPSA) is 55.0 Å². The van der Waals surface area contributed by atoms with Gasteiger partial charge in [0.05, 0.1) is 0 Å². The molecule has 2 heterocycles. The Balaban J connectivity index is 1.73. The second kappa shape index (κ2) is 6.56. The number of aromatic nitrogens is 2. The van der Waals surface area contributed by atoms with Crippen molar-refractivity contribution in [3.05, 3.63) is 0 Å². The average molecular weight is 272 g/mol. The van der Waals surface area contributed by atoms with Crippen LogP contribution in [0.15, 0.2) is 4.34 Å². The standard InChI is InChI=1S/C11H20N4S2/c1-2-9-5-3-4-6-15(9)7-8-16-11-14-13-10(12)17-11/h9H,2-8H2,1H3,(H2,12,13). The zero-order chi connectivity index (χ0) is 12.1. The zero-order valence-corrected chi connectivity index (χ0v) is 11.9. The lowest BCUT2D eigenvalue weighted by Gasteiger charge is -2.34. The second-order valence-electron chi connectivity index (χ2n) is 4.35. The second-order valence-corrected chi connectivity index (χ2v) is 6.70.